The lowest BCUT2D eigenvalue weighted by Gasteiger charge is -2.48. The van der Waals surface area contributed by atoms with Gasteiger partial charge in [-0.25, -0.2) is 14.4 Å². The molecule has 0 radical (unpaired) electrons. The molecule has 0 bridgehead atoms. The van der Waals surface area contributed by atoms with Crippen molar-refractivity contribution < 1.29 is 24.1 Å². The smallest absolute Gasteiger partial charge is 0.300 e. The molecular weight excluding hydrogens is 466 g/mol. The van der Waals surface area contributed by atoms with E-state index in [1.807, 2.05) is 6.92 Å². The molecule has 1 fully saturated rings. The van der Waals surface area contributed by atoms with Crippen LogP contribution in [0.2, 0.25) is 0 Å². The van der Waals surface area contributed by atoms with Crippen LogP contribution in [-0.2, 0) is 14.5 Å². The van der Waals surface area contributed by atoms with Crippen LogP contribution >= 0.6 is 0 Å². The number of hydrogen-bond donors (Lipinski definition) is 2. The van der Waals surface area contributed by atoms with Crippen molar-refractivity contribution in [1.82, 2.24) is 15.6 Å². The number of rotatable bonds is 16. The van der Waals surface area contributed by atoms with E-state index < -0.39 is 10.7 Å². The second kappa shape index (κ2) is 13.3. The summed E-state index contributed by atoms with van der Waals surface area (Å²) in [5.74, 6) is -0.597. The van der Waals surface area contributed by atoms with Crippen molar-refractivity contribution in [1.29, 1.82) is 0 Å². The number of ether oxygens (including phenoxy) is 1. The minimum atomic E-state index is -0.774. The molecule has 1 saturated heterocycles. The fraction of sp³-hybridized carbons (Fsp3) is 0.760. The minimum Gasteiger partial charge on any atom is -0.383 e. The van der Waals surface area contributed by atoms with Gasteiger partial charge in [0.2, 0.25) is 11.3 Å². The Morgan fingerprint density at radius 3 is 2.44 bits per heavy atom. The first-order valence-corrected chi connectivity index (χ1v) is 13.1. The zero-order valence-corrected chi connectivity index (χ0v) is 22.0. The highest BCUT2D eigenvalue weighted by molar-refractivity contribution is 5.93. The van der Waals surface area contributed by atoms with Gasteiger partial charge < -0.3 is 15.4 Å². The SMILES string of the molecule is CCCCC1(CCCC)C[C@H](CNCCCCNc2ccc([N+](=O)[O-])c3nonc23)[C@](C)(OC)OO1. The summed E-state index contributed by atoms with van der Waals surface area (Å²) in [4.78, 5) is 22.6. The number of aromatic nitrogens is 2. The summed E-state index contributed by atoms with van der Waals surface area (Å²) >= 11 is 0. The molecule has 2 heterocycles. The van der Waals surface area contributed by atoms with Crippen LogP contribution < -0.4 is 10.6 Å². The van der Waals surface area contributed by atoms with Gasteiger partial charge in [-0.2, -0.15) is 0 Å². The predicted molar refractivity (Wildman–Crippen MR) is 137 cm³/mol. The number of anilines is 1. The number of non-ortho nitro benzene ring substituents is 1. The number of nitro groups is 1. The molecule has 1 aromatic carbocycles. The third kappa shape index (κ3) is 6.90. The molecule has 2 atom stereocenters. The van der Waals surface area contributed by atoms with Gasteiger partial charge in [0.15, 0.2) is 5.52 Å². The second-order valence-corrected chi connectivity index (χ2v) is 9.87. The molecule has 36 heavy (non-hydrogen) atoms. The van der Waals surface area contributed by atoms with Crippen LogP contribution in [0.5, 0.6) is 0 Å². The molecule has 202 valence electrons. The summed E-state index contributed by atoms with van der Waals surface area (Å²) in [5, 5.41) is 25.5. The first-order valence-electron chi connectivity index (χ1n) is 13.1. The molecule has 0 spiro atoms. The van der Waals surface area contributed by atoms with E-state index in [9.17, 15) is 10.1 Å². The number of methoxy groups -OCH3 is 1. The lowest BCUT2D eigenvalue weighted by Crippen LogP contribution is -2.55. The molecule has 1 aliphatic rings. The molecule has 0 unspecified atom stereocenters. The van der Waals surface area contributed by atoms with Crippen LogP contribution in [-0.4, -0.2) is 53.4 Å². The van der Waals surface area contributed by atoms with Crippen molar-refractivity contribution in [3.05, 3.63) is 22.2 Å². The van der Waals surface area contributed by atoms with E-state index in [1.54, 1.807) is 13.2 Å². The Labute approximate surface area is 212 Å². The predicted octanol–water partition coefficient (Wildman–Crippen LogP) is 5.36. The van der Waals surface area contributed by atoms with Gasteiger partial charge in [0, 0.05) is 32.2 Å². The van der Waals surface area contributed by atoms with Gasteiger partial charge >= 0.3 is 5.69 Å². The Bertz CT molecular complexity index is 962. The van der Waals surface area contributed by atoms with E-state index in [0.717, 1.165) is 70.9 Å². The highest BCUT2D eigenvalue weighted by atomic mass is 17.2. The maximum Gasteiger partial charge on any atom is 0.300 e. The van der Waals surface area contributed by atoms with Crippen molar-refractivity contribution in [2.24, 2.45) is 5.92 Å². The van der Waals surface area contributed by atoms with Crippen molar-refractivity contribution in [2.75, 3.05) is 32.1 Å². The quantitative estimate of drug-likeness (QED) is 0.132. The normalized spacial score (nSPS) is 21.6. The maximum atomic E-state index is 11.1. The summed E-state index contributed by atoms with van der Waals surface area (Å²) in [6.07, 6.45) is 9.30. The van der Waals surface area contributed by atoms with Crippen LogP contribution in [0.4, 0.5) is 11.4 Å². The van der Waals surface area contributed by atoms with Crippen molar-refractivity contribution in [3.63, 3.8) is 0 Å². The van der Waals surface area contributed by atoms with Crippen LogP contribution in [0, 0.1) is 16.0 Å². The molecule has 1 aliphatic heterocycles. The van der Waals surface area contributed by atoms with Crippen LogP contribution in [0.1, 0.15) is 78.6 Å². The maximum absolute atomic E-state index is 11.1. The summed E-state index contributed by atoms with van der Waals surface area (Å²) in [6, 6.07) is 3.06. The standard InChI is InChI=1S/C25H41N5O6/c1-5-7-13-25(14-8-6-2)17-19(24(3,33-4)34-35-25)18-26-15-9-10-16-27-20-11-12-21(30(31)32)23-22(20)28-36-29-23/h11-12,19,26-27H,5-10,13-18H2,1-4H3/t19-,24-/m1/s1. The number of nitro benzene ring substituents is 1. The Hall–Kier alpha value is -2.34. The van der Waals surface area contributed by atoms with E-state index in [1.165, 1.54) is 6.07 Å². The van der Waals surface area contributed by atoms with Gasteiger partial charge in [-0.15, -0.1) is 0 Å². The van der Waals surface area contributed by atoms with E-state index in [-0.39, 0.29) is 22.7 Å². The Morgan fingerprint density at radius 2 is 1.78 bits per heavy atom. The molecule has 2 aromatic rings. The van der Waals surface area contributed by atoms with E-state index in [0.29, 0.717) is 17.7 Å². The highest BCUT2D eigenvalue weighted by Crippen LogP contribution is 2.43. The van der Waals surface area contributed by atoms with Gasteiger partial charge in [-0.05, 0) is 62.0 Å². The second-order valence-electron chi connectivity index (χ2n) is 9.87. The first-order chi connectivity index (χ1) is 17.4. The fourth-order valence-corrected chi connectivity index (χ4v) is 4.79. The largest absolute Gasteiger partial charge is 0.383 e. The average molecular weight is 508 g/mol. The molecule has 11 heteroatoms. The summed E-state index contributed by atoms with van der Waals surface area (Å²) < 4.78 is 10.4. The molecule has 1 aromatic heterocycles. The third-order valence-electron chi connectivity index (χ3n) is 7.20. The lowest BCUT2D eigenvalue weighted by molar-refractivity contribution is -0.500. The molecule has 2 N–H and O–H groups in total. The average Bonchev–Trinajstić information content (AvgIpc) is 3.37. The zero-order valence-electron chi connectivity index (χ0n) is 22.0. The van der Waals surface area contributed by atoms with E-state index in [2.05, 4.69) is 34.8 Å². The number of nitrogens with zero attached hydrogens (tertiary/aromatic N) is 3. The molecule has 3 rings (SSSR count). The van der Waals surface area contributed by atoms with E-state index in [4.69, 9.17) is 19.1 Å². The number of hydrogen-bond acceptors (Lipinski definition) is 10. The third-order valence-corrected chi connectivity index (χ3v) is 7.20. The molecule has 0 saturated carbocycles. The zero-order chi connectivity index (χ0) is 26.0. The Morgan fingerprint density at radius 1 is 1.08 bits per heavy atom. The summed E-state index contributed by atoms with van der Waals surface area (Å²) in [6.45, 7) is 8.71. The molecular formula is C25H41N5O6. The van der Waals surface area contributed by atoms with E-state index >= 15 is 0 Å². The van der Waals surface area contributed by atoms with Crippen molar-refractivity contribution in [3.8, 4) is 0 Å². The number of fused-ring (bicyclic) bond motifs is 1. The van der Waals surface area contributed by atoms with Gasteiger partial charge in [0.25, 0.3) is 0 Å². The van der Waals surface area contributed by atoms with Gasteiger partial charge in [0.05, 0.1) is 10.6 Å². The molecule has 11 nitrogen and oxygen atoms in total. The van der Waals surface area contributed by atoms with Gasteiger partial charge in [0.1, 0.15) is 5.60 Å². The van der Waals surface area contributed by atoms with Gasteiger partial charge in [-0.3, -0.25) is 10.1 Å². The number of nitrogens with one attached hydrogen (secondary N) is 2. The lowest BCUT2D eigenvalue weighted by atomic mass is 9.79. The summed E-state index contributed by atoms with van der Waals surface area (Å²) in [5.41, 5.74) is 0.841. The summed E-state index contributed by atoms with van der Waals surface area (Å²) in [7, 11) is 1.67. The topological polar surface area (TPSA) is 134 Å². The fourth-order valence-electron chi connectivity index (χ4n) is 4.79. The Kier molecular flexibility index (Phi) is 10.4. The minimum absolute atomic E-state index is 0.116. The number of benzene rings is 1. The molecule has 0 aliphatic carbocycles. The molecule has 0 amide bonds. The highest BCUT2D eigenvalue weighted by Gasteiger charge is 2.49. The number of unbranched alkanes of at least 4 members (excludes halogenated alkanes) is 3. The van der Waals surface area contributed by atoms with Gasteiger partial charge in [-0.1, -0.05) is 39.5 Å². The van der Waals surface area contributed by atoms with Crippen LogP contribution in [0.3, 0.4) is 0 Å². The van der Waals surface area contributed by atoms with Crippen LogP contribution in [0.15, 0.2) is 16.8 Å². The van der Waals surface area contributed by atoms with Crippen LogP contribution in [0.25, 0.3) is 11.0 Å². The first kappa shape index (κ1) is 28.2. The van der Waals surface area contributed by atoms with Crippen molar-refractivity contribution in [2.45, 2.75) is 89.9 Å². The Balaban J connectivity index is 1.46. The monoisotopic (exact) mass is 507 g/mol. The van der Waals surface area contributed by atoms with Crippen molar-refractivity contribution >= 4 is 22.4 Å².